The van der Waals surface area contributed by atoms with Crippen molar-refractivity contribution >= 4 is 11.8 Å². The van der Waals surface area contributed by atoms with E-state index in [4.69, 9.17) is 0 Å². The summed E-state index contributed by atoms with van der Waals surface area (Å²) in [6.07, 6.45) is 2.14. The second-order valence-corrected chi connectivity index (χ2v) is 6.86. The number of benzene rings is 1. The van der Waals surface area contributed by atoms with E-state index in [0.29, 0.717) is 30.3 Å². The van der Waals surface area contributed by atoms with Gasteiger partial charge in [-0.15, -0.1) is 0 Å². The van der Waals surface area contributed by atoms with Gasteiger partial charge in [0.05, 0.1) is 0 Å². The van der Waals surface area contributed by atoms with E-state index in [0.717, 1.165) is 19.4 Å². The van der Waals surface area contributed by atoms with Gasteiger partial charge in [-0.2, -0.15) is 0 Å². The van der Waals surface area contributed by atoms with Crippen LogP contribution >= 0.6 is 0 Å². The van der Waals surface area contributed by atoms with Gasteiger partial charge >= 0.3 is 0 Å². The molecule has 0 atom stereocenters. The van der Waals surface area contributed by atoms with Gasteiger partial charge in [-0.1, -0.05) is 0 Å². The SMILES string of the molecule is CC1(C)CN(C(=O)c2ccc(C(=O)NC3CC3)cc2)CCN1. The second kappa shape index (κ2) is 5.72. The fraction of sp³-hybridized carbons (Fsp3) is 0.529. The quantitative estimate of drug-likeness (QED) is 0.887. The van der Waals surface area contributed by atoms with Gasteiger partial charge in [0.25, 0.3) is 11.8 Å². The van der Waals surface area contributed by atoms with Crippen LogP contribution < -0.4 is 10.6 Å². The van der Waals surface area contributed by atoms with Crippen LogP contribution in [0.1, 0.15) is 47.4 Å². The molecule has 2 fully saturated rings. The molecule has 3 rings (SSSR count). The fourth-order valence-corrected chi connectivity index (χ4v) is 2.76. The first-order valence-corrected chi connectivity index (χ1v) is 7.90. The van der Waals surface area contributed by atoms with Crippen molar-refractivity contribution in [2.24, 2.45) is 0 Å². The molecule has 1 aromatic carbocycles. The largest absolute Gasteiger partial charge is 0.349 e. The lowest BCUT2D eigenvalue weighted by Crippen LogP contribution is -2.58. The lowest BCUT2D eigenvalue weighted by molar-refractivity contribution is 0.0652. The lowest BCUT2D eigenvalue weighted by Gasteiger charge is -2.39. The first-order chi connectivity index (χ1) is 10.4. The smallest absolute Gasteiger partial charge is 0.253 e. The van der Waals surface area contributed by atoms with Crippen LogP contribution in [0.2, 0.25) is 0 Å². The Morgan fingerprint density at radius 1 is 1.18 bits per heavy atom. The van der Waals surface area contributed by atoms with Gasteiger partial charge in [0, 0.05) is 42.3 Å². The van der Waals surface area contributed by atoms with Gasteiger partial charge in [-0.25, -0.2) is 0 Å². The molecule has 2 aliphatic rings. The van der Waals surface area contributed by atoms with Crippen molar-refractivity contribution in [3.05, 3.63) is 35.4 Å². The summed E-state index contributed by atoms with van der Waals surface area (Å²) >= 11 is 0. The molecule has 0 aromatic heterocycles. The third-order valence-electron chi connectivity index (χ3n) is 4.17. The van der Waals surface area contributed by atoms with Crippen molar-refractivity contribution in [2.45, 2.75) is 38.3 Å². The van der Waals surface area contributed by atoms with Crippen molar-refractivity contribution in [1.82, 2.24) is 15.5 Å². The average Bonchev–Trinajstić information content (AvgIpc) is 3.29. The third-order valence-corrected chi connectivity index (χ3v) is 4.17. The predicted molar refractivity (Wildman–Crippen MR) is 84.9 cm³/mol. The van der Waals surface area contributed by atoms with Gasteiger partial charge in [0.15, 0.2) is 0 Å². The summed E-state index contributed by atoms with van der Waals surface area (Å²) in [6, 6.07) is 7.31. The van der Waals surface area contributed by atoms with E-state index >= 15 is 0 Å². The summed E-state index contributed by atoms with van der Waals surface area (Å²) in [6.45, 7) is 6.40. The van der Waals surface area contributed by atoms with E-state index in [2.05, 4.69) is 24.5 Å². The van der Waals surface area contributed by atoms with Crippen LogP contribution in [-0.4, -0.2) is 47.9 Å². The van der Waals surface area contributed by atoms with Crippen LogP contribution in [0, 0.1) is 0 Å². The molecule has 0 bridgehead atoms. The molecule has 1 saturated carbocycles. The first-order valence-electron chi connectivity index (χ1n) is 7.90. The molecule has 1 aromatic rings. The van der Waals surface area contributed by atoms with Crippen LogP contribution in [0.4, 0.5) is 0 Å². The molecule has 22 heavy (non-hydrogen) atoms. The topological polar surface area (TPSA) is 61.4 Å². The van der Waals surface area contributed by atoms with Crippen LogP contribution in [0.5, 0.6) is 0 Å². The molecule has 0 radical (unpaired) electrons. The zero-order valence-corrected chi connectivity index (χ0v) is 13.2. The van der Waals surface area contributed by atoms with Gasteiger partial charge in [-0.05, 0) is 51.0 Å². The number of nitrogens with zero attached hydrogens (tertiary/aromatic N) is 1. The molecule has 1 aliphatic carbocycles. The molecule has 2 amide bonds. The van der Waals surface area contributed by atoms with Crippen molar-refractivity contribution in [2.75, 3.05) is 19.6 Å². The highest BCUT2D eigenvalue weighted by molar-refractivity contribution is 5.98. The Morgan fingerprint density at radius 2 is 1.82 bits per heavy atom. The van der Waals surface area contributed by atoms with Crippen molar-refractivity contribution in [1.29, 1.82) is 0 Å². The van der Waals surface area contributed by atoms with Gasteiger partial charge < -0.3 is 15.5 Å². The minimum absolute atomic E-state index is 0.0312. The van der Waals surface area contributed by atoms with Crippen LogP contribution in [0.3, 0.4) is 0 Å². The highest BCUT2D eigenvalue weighted by atomic mass is 16.2. The van der Waals surface area contributed by atoms with E-state index in [1.54, 1.807) is 24.3 Å². The second-order valence-electron chi connectivity index (χ2n) is 6.86. The number of nitrogens with one attached hydrogen (secondary N) is 2. The molecule has 118 valence electrons. The summed E-state index contributed by atoms with van der Waals surface area (Å²) in [5.41, 5.74) is 1.20. The fourth-order valence-electron chi connectivity index (χ4n) is 2.76. The molecule has 1 heterocycles. The van der Waals surface area contributed by atoms with Crippen molar-refractivity contribution in [3.63, 3.8) is 0 Å². The molecular weight excluding hydrogens is 278 g/mol. The van der Waals surface area contributed by atoms with E-state index in [1.165, 1.54) is 0 Å². The third kappa shape index (κ3) is 3.47. The number of carbonyl (C=O) groups is 2. The standard InChI is InChI=1S/C17H23N3O2/c1-17(2)11-20(10-9-18-17)16(22)13-5-3-12(4-6-13)15(21)19-14-7-8-14/h3-6,14,18H,7-11H2,1-2H3,(H,19,21). The Balaban J connectivity index is 1.66. The zero-order chi connectivity index (χ0) is 15.7. The van der Waals surface area contributed by atoms with E-state index in [1.807, 2.05) is 4.90 Å². The Hall–Kier alpha value is -1.88. The average molecular weight is 301 g/mol. The lowest BCUT2D eigenvalue weighted by atomic mass is 10.0. The Kier molecular flexibility index (Phi) is 3.91. The summed E-state index contributed by atoms with van der Waals surface area (Å²) in [5.74, 6) is -0.0199. The Morgan fingerprint density at radius 3 is 2.41 bits per heavy atom. The van der Waals surface area contributed by atoms with Gasteiger partial charge in [0.2, 0.25) is 0 Å². The van der Waals surface area contributed by atoms with Gasteiger partial charge in [0.1, 0.15) is 0 Å². The highest BCUT2D eigenvalue weighted by Crippen LogP contribution is 2.19. The van der Waals surface area contributed by atoms with Gasteiger partial charge in [-0.3, -0.25) is 9.59 Å². The molecule has 1 aliphatic heterocycles. The van der Waals surface area contributed by atoms with Crippen molar-refractivity contribution in [3.8, 4) is 0 Å². The number of hydrogen-bond acceptors (Lipinski definition) is 3. The molecule has 5 heteroatoms. The predicted octanol–water partition coefficient (Wildman–Crippen LogP) is 1.40. The number of carbonyl (C=O) groups excluding carboxylic acids is 2. The van der Waals surface area contributed by atoms with Crippen LogP contribution in [0.25, 0.3) is 0 Å². The Labute approximate surface area is 131 Å². The molecule has 0 spiro atoms. The maximum atomic E-state index is 12.6. The highest BCUT2D eigenvalue weighted by Gasteiger charge is 2.29. The minimum atomic E-state index is -0.0575. The monoisotopic (exact) mass is 301 g/mol. The number of amides is 2. The molecular formula is C17H23N3O2. The first kappa shape index (κ1) is 15.0. The van der Waals surface area contributed by atoms with Crippen LogP contribution in [0.15, 0.2) is 24.3 Å². The van der Waals surface area contributed by atoms with E-state index in [-0.39, 0.29) is 17.4 Å². The molecule has 2 N–H and O–H groups in total. The zero-order valence-electron chi connectivity index (χ0n) is 13.2. The van der Waals surface area contributed by atoms with E-state index in [9.17, 15) is 9.59 Å². The van der Waals surface area contributed by atoms with Crippen molar-refractivity contribution < 1.29 is 9.59 Å². The summed E-state index contributed by atoms with van der Waals surface area (Å²) in [4.78, 5) is 26.4. The minimum Gasteiger partial charge on any atom is -0.349 e. The summed E-state index contributed by atoms with van der Waals surface area (Å²) in [5, 5.41) is 6.35. The summed E-state index contributed by atoms with van der Waals surface area (Å²) < 4.78 is 0. The molecule has 1 saturated heterocycles. The van der Waals surface area contributed by atoms with E-state index < -0.39 is 0 Å². The maximum Gasteiger partial charge on any atom is 0.253 e. The normalized spacial score (nSPS) is 20.5. The number of piperazine rings is 1. The summed E-state index contributed by atoms with van der Waals surface area (Å²) in [7, 11) is 0. The van der Waals surface area contributed by atoms with Crippen LogP contribution in [-0.2, 0) is 0 Å². The number of hydrogen-bond donors (Lipinski definition) is 2. The molecule has 0 unspecified atom stereocenters. The maximum absolute atomic E-state index is 12.6. The Bertz CT molecular complexity index is 576. The molecule has 5 nitrogen and oxygen atoms in total. The number of rotatable bonds is 3.